The number of nitrogens with one attached hydrogen (secondary N) is 1. The maximum Gasteiger partial charge on any atom is 1.00 e. The van der Waals surface area contributed by atoms with Crippen LogP contribution in [0.1, 0.15) is 46.3 Å². The number of hydrogen-bond donors (Lipinski definition) is 1. The van der Waals surface area contributed by atoms with E-state index >= 15 is 0 Å². The average molecular weight is 707 g/mol. The summed E-state index contributed by atoms with van der Waals surface area (Å²) in [5, 5.41) is 14.5. The molecular weight excluding hydrogens is 664 g/mol. The number of rotatable bonds is 15. The monoisotopic (exact) mass is 706 g/mol. The number of hydrogen-bond acceptors (Lipinski definition) is 7. The number of thioether (sulfide) groups is 1. The van der Waals surface area contributed by atoms with Crippen molar-refractivity contribution in [3.63, 3.8) is 0 Å². The number of carbonyl (C=O) groups excluding carboxylic acids is 2. The molecule has 4 aromatic carbocycles. The third-order valence-corrected chi connectivity index (χ3v) is 11.7. The van der Waals surface area contributed by atoms with E-state index in [2.05, 4.69) is 17.4 Å². The van der Waals surface area contributed by atoms with Crippen LogP contribution in [-0.2, 0) is 32.6 Å². The van der Waals surface area contributed by atoms with Crippen molar-refractivity contribution in [2.24, 2.45) is 5.92 Å². The molecule has 0 saturated carbocycles. The summed E-state index contributed by atoms with van der Waals surface area (Å²) in [6.07, 6.45) is 4.02. The number of aryl methyl sites for hydroxylation is 1. The molecule has 0 radical (unpaired) electrons. The summed E-state index contributed by atoms with van der Waals surface area (Å²) in [4.78, 5) is 25.6. The Hall–Kier alpha value is -3.36. The molecule has 5 rings (SSSR count). The fraction of sp³-hybridized carbons (Fsp3) is 0.333. The summed E-state index contributed by atoms with van der Waals surface area (Å²) in [6.45, 7) is 3.10. The van der Waals surface area contributed by atoms with Crippen molar-refractivity contribution in [3.05, 3.63) is 125 Å². The molecule has 0 aliphatic carbocycles. The first-order chi connectivity index (χ1) is 23.7. The molecule has 0 aromatic heterocycles. The van der Waals surface area contributed by atoms with Gasteiger partial charge in [0.1, 0.15) is 0 Å². The van der Waals surface area contributed by atoms with Gasteiger partial charge in [0.05, 0.1) is 29.6 Å². The molecule has 1 heterocycles. The van der Waals surface area contributed by atoms with E-state index in [9.17, 15) is 23.1 Å². The molecule has 11 heteroatoms. The van der Waals surface area contributed by atoms with E-state index in [1.807, 2.05) is 73.8 Å². The number of carboxylic acid groups (broad SMARTS) is 1. The predicted molar refractivity (Wildman–Crippen MR) is 193 cm³/mol. The number of sulfonamides is 1. The average Bonchev–Trinajstić information content (AvgIpc) is 3.12. The smallest absolute Gasteiger partial charge is 0.548 e. The van der Waals surface area contributed by atoms with Gasteiger partial charge in [-0.1, -0.05) is 78.9 Å². The third-order valence-electron chi connectivity index (χ3n) is 9.11. The zero-order valence-corrected chi connectivity index (χ0v) is 30.6. The van der Waals surface area contributed by atoms with Gasteiger partial charge >= 0.3 is 18.9 Å². The van der Waals surface area contributed by atoms with E-state index in [0.29, 0.717) is 54.1 Å². The van der Waals surface area contributed by atoms with E-state index < -0.39 is 27.9 Å². The van der Waals surface area contributed by atoms with E-state index in [1.54, 1.807) is 34.6 Å². The van der Waals surface area contributed by atoms with Crippen LogP contribution in [0, 0.1) is 12.8 Å². The topological polar surface area (TPSA) is 116 Å². The first-order valence-corrected chi connectivity index (χ1v) is 19.4. The van der Waals surface area contributed by atoms with Crippen molar-refractivity contribution in [1.29, 1.82) is 0 Å². The van der Waals surface area contributed by atoms with Crippen LogP contribution in [0.2, 0.25) is 0 Å². The minimum absolute atomic E-state index is 0. The Morgan fingerprint density at radius 3 is 2.18 bits per heavy atom. The number of aliphatic carboxylic acids is 1. The molecule has 1 fully saturated rings. The number of piperidine rings is 1. The van der Waals surface area contributed by atoms with Crippen LogP contribution in [-0.4, -0.2) is 61.8 Å². The molecule has 2 atom stereocenters. The Kier molecular flexibility index (Phi) is 14.8. The van der Waals surface area contributed by atoms with Gasteiger partial charge in [-0.05, 0) is 103 Å². The van der Waals surface area contributed by atoms with Crippen LogP contribution >= 0.6 is 11.8 Å². The van der Waals surface area contributed by atoms with Gasteiger partial charge in [0.15, 0.2) is 0 Å². The number of benzene rings is 4. The van der Waals surface area contributed by atoms with Crippen molar-refractivity contribution in [3.8, 4) is 11.1 Å². The molecule has 1 aliphatic heterocycles. The Bertz CT molecular complexity index is 1820. The van der Waals surface area contributed by atoms with Crippen molar-refractivity contribution < 1.29 is 46.7 Å². The van der Waals surface area contributed by atoms with Crippen LogP contribution in [0.25, 0.3) is 11.1 Å². The zero-order chi connectivity index (χ0) is 34.8. The van der Waals surface area contributed by atoms with Crippen LogP contribution in [0.3, 0.4) is 0 Å². The van der Waals surface area contributed by atoms with Gasteiger partial charge in [0.2, 0.25) is 10.0 Å². The molecule has 0 bridgehead atoms. The molecule has 1 unspecified atom stereocenters. The minimum Gasteiger partial charge on any atom is -0.548 e. The van der Waals surface area contributed by atoms with Gasteiger partial charge in [0.25, 0.3) is 5.91 Å². The van der Waals surface area contributed by atoms with Crippen molar-refractivity contribution in [1.82, 2.24) is 9.62 Å². The summed E-state index contributed by atoms with van der Waals surface area (Å²) in [5.74, 6) is -1.06. The van der Waals surface area contributed by atoms with E-state index in [4.69, 9.17) is 4.74 Å². The molecule has 1 saturated heterocycles. The Labute approximate surface area is 312 Å². The zero-order valence-electron chi connectivity index (χ0n) is 28.9. The number of nitrogens with zero attached hydrogens (tertiary/aromatic N) is 1. The summed E-state index contributed by atoms with van der Waals surface area (Å²) in [7, 11) is -3.57. The molecule has 1 N–H and O–H groups in total. The Morgan fingerprint density at radius 2 is 1.54 bits per heavy atom. The summed E-state index contributed by atoms with van der Waals surface area (Å²) in [5.41, 5.74) is 4.93. The second-order valence-corrected chi connectivity index (χ2v) is 15.3. The third kappa shape index (κ3) is 10.1. The summed E-state index contributed by atoms with van der Waals surface area (Å²) >= 11 is 1.51. The van der Waals surface area contributed by atoms with E-state index in [0.717, 1.165) is 22.3 Å². The van der Waals surface area contributed by atoms with Crippen LogP contribution < -0.4 is 29.3 Å². The molecule has 1 amide bonds. The predicted octanol–water partition coefficient (Wildman–Crippen LogP) is 2.50. The van der Waals surface area contributed by atoms with Gasteiger partial charge in [-0.25, -0.2) is 8.42 Å². The minimum atomic E-state index is -3.57. The maximum absolute atomic E-state index is 13.5. The first-order valence-electron chi connectivity index (χ1n) is 16.6. The largest absolute Gasteiger partial charge is 1.00 e. The van der Waals surface area contributed by atoms with Gasteiger partial charge in [-0.2, -0.15) is 16.1 Å². The number of amides is 1. The standard InChI is InChI=1S/C39H44N2O6S2.Li/c1-28-11-9-10-16-33(28)35-25-30(17-18-34(35)38(42)40-36(39(43)44)21-24-48-2)27-47-37(26-29-12-5-3-6-13-29)31-19-22-41(23-20-31)49(45,46)32-14-7-4-8-15-32;/h3-18,25,31,36-37H,19-24,26-27H2,1-2H3,(H,40,42)(H,43,44);/q;+1/p-1/t36-,37?;/m0./s1. The Morgan fingerprint density at radius 1 is 0.900 bits per heavy atom. The van der Waals surface area contributed by atoms with Crippen LogP contribution in [0.15, 0.2) is 108 Å². The summed E-state index contributed by atoms with van der Waals surface area (Å²) in [6, 6.07) is 30.9. The van der Waals surface area contributed by atoms with Gasteiger partial charge in [-0.15, -0.1) is 0 Å². The fourth-order valence-corrected chi connectivity index (χ4v) is 8.30. The van der Waals surface area contributed by atoms with Gasteiger partial charge in [-0.3, -0.25) is 4.79 Å². The number of carbonyl (C=O) groups is 2. The molecule has 50 heavy (non-hydrogen) atoms. The molecule has 0 spiro atoms. The molecular formula is C39H43LiN2O6S2. The van der Waals surface area contributed by atoms with Crippen molar-refractivity contribution >= 4 is 33.7 Å². The van der Waals surface area contributed by atoms with Crippen LogP contribution in [0.5, 0.6) is 0 Å². The molecule has 4 aromatic rings. The maximum atomic E-state index is 13.5. The SMILES string of the molecule is CSCC[C@H](NC(=O)c1ccc(COC(Cc2ccccc2)C2CCN(S(=O)(=O)c3ccccc3)CC2)cc1-c1ccccc1C)C(=O)[O-].[Li+]. The molecule has 258 valence electrons. The van der Waals surface area contributed by atoms with E-state index in [1.165, 1.54) is 11.8 Å². The normalized spacial score (nSPS) is 15.1. The summed E-state index contributed by atoms with van der Waals surface area (Å²) < 4.78 is 34.8. The first kappa shape index (κ1) is 39.4. The van der Waals surface area contributed by atoms with Gasteiger partial charge < -0.3 is 20.0 Å². The number of carboxylic acids is 1. The second kappa shape index (κ2) is 18.8. The second-order valence-electron chi connectivity index (χ2n) is 12.4. The Balaban J connectivity index is 0.00000562. The molecule has 1 aliphatic rings. The van der Waals surface area contributed by atoms with Crippen LogP contribution in [0.4, 0.5) is 0 Å². The molecule has 8 nitrogen and oxygen atoms in total. The van der Waals surface area contributed by atoms with Crippen molar-refractivity contribution in [2.45, 2.75) is 56.3 Å². The fourth-order valence-electron chi connectivity index (χ4n) is 6.34. The van der Waals surface area contributed by atoms with E-state index in [-0.39, 0.29) is 43.9 Å². The quantitative estimate of drug-likeness (QED) is 0.189. The van der Waals surface area contributed by atoms with Crippen molar-refractivity contribution in [2.75, 3.05) is 25.1 Å². The van der Waals surface area contributed by atoms with Gasteiger partial charge in [0, 0.05) is 18.7 Å². The number of ether oxygens (including phenoxy) is 1.